The van der Waals surface area contributed by atoms with Gasteiger partial charge in [0.15, 0.2) is 0 Å². The smallest absolute Gasteiger partial charge is 0.251 e. The van der Waals surface area contributed by atoms with Gasteiger partial charge in [-0.15, -0.1) is 0 Å². The Labute approximate surface area is 199 Å². The lowest BCUT2D eigenvalue weighted by Crippen LogP contribution is -2.25. The fraction of sp³-hybridized carbons (Fsp3) is 0.0741. The van der Waals surface area contributed by atoms with Crippen LogP contribution in [0, 0.1) is 11.6 Å². The van der Waals surface area contributed by atoms with Crippen molar-refractivity contribution in [2.45, 2.75) is 6.42 Å². The first-order chi connectivity index (χ1) is 17.1. The van der Waals surface area contributed by atoms with Crippen molar-refractivity contribution in [3.63, 3.8) is 0 Å². The van der Waals surface area contributed by atoms with Gasteiger partial charge in [-0.3, -0.25) is 14.8 Å². The minimum Gasteiger partial charge on any atom is -0.352 e. The molecule has 0 aliphatic heterocycles. The predicted molar refractivity (Wildman–Crippen MR) is 128 cm³/mol. The number of benzene rings is 3. The summed E-state index contributed by atoms with van der Waals surface area (Å²) in [4.78, 5) is 30.4. The van der Waals surface area contributed by atoms with Crippen LogP contribution in [0.5, 0.6) is 0 Å². The van der Waals surface area contributed by atoms with E-state index in [1.807, 2.05) is 0 Å². The van der Waals surface area contributed by atoms with Crippen molar-refractivity contribution in [2.24, 2.45) is 0 Å². The van der Waals surface area contributed by atoms with Gasteiger partial charge in [-0.25, -0.2) is 18.7 Å². The zero-order valence-electron chi connectivity index (χ0n) is 18.5. The second kappa shape index (κ2) is 9.72. The van der Waals surface area contributed by atoms with Crippen LogP contribution in [-0.2, 0) is 6.42 Å². The third-order valence-electron chi connectivity index (χ3n) is 5.45. The number of halogens is 2. The first-order valence-electron chi connectivity index (χ1n) is 10.9. The van der Waals surface area contributed by atoms with E-state index in [1.165, 1.54) is 24.3 Å². The zero-order chi connectivity index (χ0) is 24.2. The van der Waals surface area contributed by atoms with Crippen LogP contribution in [0.1, 0.15) is 16.1 Å². The number of nitrogens with zero attached hydrogens (tertiary/aromatic N) is 4. The van der Waals surface area contributed by atoms with Crippen LogP contribution < -0.4 is 5.32 Å². The summed E-state index contributed by atoms with van der Waals surface area (Å²) in [7, 11) is 0. The van der Waals surface area contributed by atoms with Crippen molar-refractivity contribution >= 4 is 16.9 Å². The van der Waals surface area contributed by atoms with Gasteiger partial charge in [-0.2, -0.15) is 0 Å². The van der Waals surface area contributed by atoms with Crippen molar-refractivity contribution < 1.29 is 13.6 Å². The van der Waals surface area contributed by atoms with E-state index in [1.54, 1.807) is 61.1 Å². The molecule has 0 saturated carbocycles. The molecule has 0 saturated heterocycles. The van der Waals surface area contributed by atoms with Gasteiger partial charge in [0.2, 0.25) is 0 Å². The molecule has 172 valence electrons. The summed E-state index contributed by atoms with van der Waals surface area (Å²) >= 11 is 0. The molecule has 35 heavy (non-hydrogen) atoms. The molecule has 0 unspecified atom stereocenters. The fourth-order valence-electron chi connectivity index (χ4n) is 3.68. The maximum Gasteiger partial charge on any atom is 0.251 e. The van der Waals surface area contributed by atoms with Crippen molar-refractivity contribution in [2.75, 3.05) is 6.54 Å². The minimum atomic E-state index is -0.369. The molecule has 0 spiro atoms. The van der Waals surface area contributed by atoms with Gasteiger partial charge in [0.05, 0.1) is 28.1 Å². The monoisotopic (exact) mass is 467 g/mol. The number of nitrogens with one attached hydrogen (secondary N) is 1. The molecule has 0 bridgehead atoms. The van der Waals surface area contributed by atoms with E-state index in [9.17, 15) is 13.6 Å². The molecule has 5 aromatic rings. The number of rotatable bonds is 6. The highest BCUT2D eigenvalue weighted by molar-refractivity contribution is 5.98. The molecule has 2 heterocycles. The normalized spacial score (nSPS) is 10.9. The summed E-state index contributed by atoms with van der Waals surface area (Å²) < 4.78 is 27.1. The molecular weight excluding hydrogens is 448 g/mol. The average molecular weight is 467 g/mol. The van der Waals surface area contributed by atoms with Crippen molar-refractivity contribution in [1.82, 2.24) is 25.3 Å². The van der Waals surface area contributed by atoms with E-state index in [0.29, 0.717) is 52.1 Å². The largest absolute Gasteiger partial charge is 0.352 e. The van der Waals surface area contributed by atoms with E-state index >= 15 is 0 Å². The molecule has 3 aromatic carbocycles. The summed E-state index contributed by atoms with van der Waals surface area (Å²) in [5, 5.41) is 2.88. The fourth-order valence-corrected chi connectivity index (χ4v) is 3.68. The quantitative estimate of drug-likeness (QED) is 0.380. The topological polar surface area (TPSA) is 80.7 Å². The van der Waals surface area contributed by atoms with Gasteiger partial charge in [-0.1, -0.05) is 0 Å². The molecule has 0 radical (unpaired) electrons. The number of hydrogen-bond acceptors (Lipinski definition) is 5. The molecule has 0 aliphatic carbocycles. The standard InChI is InChI=1S/C27H19F2N5O/c28-20-6-1-17(2-7-20)25-26(18-3-8-21(29)9-4-18)34-24-15-19(5-10-23(24)33-25)27(35)32-12-11-22-16-30-13-14-31-22/h1-10,13-16H,11-12H2,(H,32,35). The molecule has 2 aromatic heterocycles. The number of amides is 1. The van der Waals surface area contributed by atoms with Gasteiger partial charge in [0, 0.05) is 48.2 Å². The predicted octanol–water partition coefficient (Wildman–Crippen LogP) is 5.00. The molecule has 1 N–H and O–H groups in total. The van der Waals surface area contributed by atoms with Gasteiger partial charge in [-0.05, 0) is 66.7 Å². The maximum atomic E-state index is 13.5. The molecular formula is C27H19F2N5O. The highest BCUT2D eigenvalue weighted by atomic mass is 19.1. The Bertz CT molecular complexity index is 1490. The molecule has 0 aliphatic rings. The van der Waals surface area contributed by atoms with Gasteiger partial charge in [0.25, 0.3) is 5.91 Å². The number of aromatic nitrogens is 4. The summed E-state index contributed by atoms with van der Waals surface area (Å²) in [5.74, 6) is -0.976. The lowest BCUT2D eigenvalue weighted by molar-refractivity contribution is 0.0954. The molecule has 0 atom stereocenters. The van der Waals surface area contributed by atoms with E-state index in [0.717, 1.165) is 5.69 Å². The van der Waals surface area contributed by atoms with Crippen LogP contribution in [0.2, 0.25) is 0 Å². The molecule has 5 rings (SSSR count). The third-order valence-corrected chi connectivity index (χ3v) is 5.45. The lowest BCUT2D eigenvalue weighted by atomic mass is 10.0. The second-order valence-corrected chi connectivity index (χ2v) is 7.84. The Morgan fingerprint density at radius 3 is 2.00 bits per heavy atom. The zero-order valence-corrected chi connectivity index (χ0v) is 18.5. The summed E-state index contributed by atoms with van der Waals surface area (Å²) in [5.41, 5.74) is 4.67. The van der Waals surface area contributed by atoms with Crippen LogP contribution in [0.25, 0.3) is 33.5 Å². The number of fused-ring (bicyclic) bond motifs is 1. The van der Waals surface area contributed by atoms with Crippen LogP contribution in [-0.4, -0.2) is 32.4 Å². The number of carbonyl (C=O) groups excluding carboxylic acids is 1. The van der Waals surface area contributed by atoms with Crippen LogP contribution in [0.3, 0.4) is 0 Å². The van der Waals surface area contributed by atoms with Crippen LogP contribution >= 0.6 is 0 Å². The van der Waals surface area contributed by atoms with E-state index < -0.39 is 0 Å². The van der Waals surface area contributed by atoms with Gasteiger partial charge >= 0.3 is 0 Å². The van der Waals surface area contributed by atoms with E-state index in [2.05, 4.69) is 15.3 Å². The van der Waals surface area contributed by atoms with Gasteiger partial charge < -0.3 is 5.32 Å². The SMILES string of the molecule is O=C(NCCc1cnccn1)c1ccc2nc(-c3ccc(F)cc3)c(-c3ccc(F)cc3)nc2c1. The summed E-state index contributed by atoms with van der Waals surface area (Å²) in [6, 6.07) is 16.9. The Morgan fingerprint density at radius 1 is 0.771 bits per heavy atom. The van der Waals surface area contributed by atoms with E-state index in [-0.39, 0.29) is 17.5 Å². The Kier molecular flexibility index (Phi) is 6.17. The molecule has 6 nitrogen and oxygen atoms in total. The van der Waals surface area contributed by atoms with Crippen molar-refractivity contribution in [3.8, 4) is 22.5 Å². The molecule has 0 fully saturated rings. The molecule has 1 amide bonds. The highest BCUT2D eigenvalue weighted by Gasteiger charge is 2.15. The Morgan fingerprint density at radius 2 is 1.40 bits per heavy atom. The van der Waals surface area contributed by atoms with Crippen molar-refractivity contribution in [1.29, 1.82) is 0 Å². The number of hydrogen-bond donors (Lipinski definition) is 1. The Balaban J connectivity index is 1.49. The number of carbonyl (C=O) groups is 1. The van der Waals surface area contributed by atoms with Crippen LogP contribution in [0.4, 0.5) is 8.78 Å². The van der Waals surface area contributed by atoms with Crippen LogP contribution in [0.15, 0.2) is 85.3 Å². The minimum absolute atomic E-state index is 0.247. The summed E-state index contributed by atoms with van der Waals surface area (Å²) in [6.45, 7) is 0.408. The van der Waals surface area contributed by atoms with Crippen molar-refractivity contribution in [3.05, 3.63) is 108 Å². The Hall–Kier alpha value is -4.59. The first kappa shape index (κ1) is 22.2. The highest BCUT2D eigenvalue weighted by Crippen LogP contribution is 2.31. The first-order valence-corrected chi connectivity index (χ1v) is 10.9. The van der Waals surface area contributed by atoms with Gasteiger partial charge in [0.1, 0.15) is 11.6 Å². The molecule has 8 heteroatoms. The summed E-state index contributed by atoms with van der Waals surface area (Å²) in [6.07, 6.45) is 5.42. The third kappa shape index (κ3) is 5.01. The van der Waals surface area contributed by atoms with E-state index in [4.69, 9.17) is 9.97 Å². The average Bonchev–Trinajstić information content (AvgIpc) is 2.89. The second-order valence-electron chi connectivity index (χ2n) is 7.84. The maximum absolute atomic E-state index is 13.5. The lowest BCUT2D eigenvalue weighted by Gasteiger charge is -2.12.